The second-order valence-electron chi connectivity index (χ2n) is 8.80. The highest BCUT2D eigenvalue weighted by Gasteiger charge is 2.38. The summed E-state index contributed by atoms with van der Waals surface area (Å²) < 4.78 is 11.7. The maximum absolute atomic E-state index is 13.0. The molecule has 4 nitrogen and oxygen atoms in total. The maximum Gasteiger partial charge on any atom is 0.410 e. The second kappa shape index (κ2) is 9.95. The molecule has 1 amide bonds. The Morgan fingerprint density at radius 1 is 0.848 bits per heavy atom. The van der Waals surface area contributed by atoms with Gasteiger partial charge in [-0.15, -0.1) is 0 Å². The van der Waals surface area contributed by atoms with Gasteiger partial charge in [0.05, 0.1) is 6.04 Å². The van der Waals surface area contributed by atoms with Crippen molar-refractivity contribution in [3.8, 4) is 5.75 Å². The number of carbonyl (C=O) groups excluding carboxylic acids is 1. The lowest BCUT2D eigenvalue weighted by atomic mass is 9.83. The molecule has 2 unspecified atom stereocenters. The van der Waals surface area contributed by atoms with Gasteiger partial charge in [0.25, 0.3) is 0 Å². The Balaban J connectivity index is 1.27. The number of ether oxygens (including phenoxy) is 2. The van der Waals surface area contributed by atoms with Gasteiger partial charge in [-0.05, 0) is 60.1 Å². The SMILES string of the molecule is O=C(OCc1ccccc1)N1C2C=C(c3cccc(OCc4ccccc4)c3)CC1CCC2. The van der Waals surface area contributed by atoms with Crippen LogP contribution in [0.25, 0.3) is 5.57 Å². The van der Waals surface area contributed by atoms with Crippen LogP contribution in [0.1, 0.15) is 42.4 Å². The minimum absolute atomic E-state index is 0.0877. The summed E-state index contributed by atoms with van der Waals surface area (Å²) >= 11 is 0. The number of rotatable bonds is 6. The van der Waals surface area contributed by atoms with Crippen molar-refractivity contribution in [1.29, 1.82) is 0 Å². The Morgan fingerprint density at radius 3 is 2.30 bits per heavy atom. The summed E-state index contributed by atoms with van der Waals surface area (Å²) in [7, 11) is 0. The lowest BCUT2D eigenvalue weighted by Gasteiger charge is -2.44. The van der Waals surface area contributed by atoms with Crippen LogP contribution in [0.3, 0.4) is 0 Å². The molecule has 1 saturated heterocycles. The third-order valence-corrected chi connectivity index (χ3v) is 6.51. The van der Waals surface area contributed by atoms with Gasteiger partial charge in [-0.3, -0.25) is 4.90 Å². The van der Waals surface area contributed by atoms with E-state index in [0.717, 1.165) is 42.6 Å². The molecule has 33 heavy (non-hydrogen) atoms. The zero-order valence-electron chi connectivity index (χ0n) is 18.7. The summed E-state index contributed by atoms with van der Waals surface area (Å²) in [4.78, 5) is 14.9. The first-order valence-corrected chi connectivity index (χ1v) is 11.7. The van der Waals surface area contributed by atoms with Gasteiger partial charge in [-0.2, -0.15) is 0 Å². The fraction of sp³-hybridized carbons (Fsp3) is 0.276. The van der Waals surface area contributed by atoms with Gasteiger partial charge in [-0.25, -0.2) is 4.79 Å². The molecule has 2 heterocycles. The average molecular weight is 440 g/mol. The Kier molecular flexibility index (Phi) is 6.43. The minimum atomic E-state index is -0.205. The summed E-state index contributed by atoms with van der Waals surface area (Å²) in [6.45, 7) is 0.864. The topological polar surface area (TPSA) is 38.8 Å². The number of amides is 1. The summed E-state index contributed by atoms with van der Waals surface area (Å²) in [6, 6.07) is 28.6. The third-order valence-electron chi connectivity index (χ3n) is 6.51. The number of hydrogen-bond acceptors (Lipinski definition) is 3. The molecule has 2 bridgehead atoms. The van der Waals surface area contributed by atoms with Crippen LogP contribution in [0.15, 0.2) is 91.0 Å². The number of piperidine rings is 1. The molecule has 0 radical (unpaired) electrons. The van der Waals surface area contributed by atoms with E-state index < -0.39 is 0 Å². The molecule has 0 saturated carbocycles. The fourth-order valence-corrected chi connectivity index (χ4v) is 4.85. The first kappa shape index (κ1) is 21.3. The molecule has 2 atom stereocenters. The van der Waals surface area contributed by atoms with Crippen LogP contribution in [0, 0.1) is 0 Å². The van der Waals surface area contributed by atoms with Crippen LogP contribution in [-0.2, 0) is 18.0 Å². The normalized spacial score (nSPS) is 19.5. The standard InChI is InChI=1S/C29H29NO3/c31-29(33-21-23-11-5-2-6-12-23)30-26-14-8-15-27(30)18-25(17-26)24-13-7-16-28(19-24)32-20-22-9-3-1-4-10-22/h1-7,9-13,16-17,19,26-27H,8,14-15,18,20-21H2. The van der Waals surface area contributed by atoms with Crippen LogP contribution < -0.4 is 4.74 Å². The van der Waals surface area contributed by atoms with Gasteiger partial charge in [0.2, 0.25) is 0 Å². The van der Waals surface area contributed by atoms with E-state index >= 15 is 0 Å². The molecular weight excluding hydrogens is 410 g/mol. The van der Waals surface area contributed by atoms with E-state index in [2.05, 4.69) is 30.3 Å². The van der Waals surface area contributed by atoms with Crippen molar-refractivity contribution >= 4 is 11.7 Å². The fourth-order valence-electron chi connectivity index (χ4n) is 4.85. The highest BCUT2D eigenvalue weighted by molar-refractivity contribution is 5.75. The van der Waals surface area contributed by atoms with E-state index in [0.29, 0.717) is 13.2 Å². The van der Waals surface area contributed by atoms with Crippen LogP contribution in [0.5, 0.6) is 5.75 Å². The smallest absolute Gasteiger partial charge is 0.410 e. The molecule has 4 heteroatoms. The number of carbonyl (C=O) groups is 1. The molecule has 3 aromatic rings. The Bertz CT molecular complexity index is 1110. The van der Waals surface area contributed by atoms with Crippen molar-refractivity contribution in [2.75, 3.05) is 0 Å². The highest BCUT2D eigenvalue weighted by atomic mass is 16.6. The molecule has 168 valence electrons. The number of hydrogen-bond donors (Lipinski definition) is 0. The van der Waals surface area contributed by atoms with Crippen LogP contribution in [0.2, 0.25) is 0 Å². The molecule has 1 fully saturated rings. The summed E-state index contributed by atoms with van der Waals surface area (Å²) in [5, 5.41) is 0. The predicted octanol–water partition coefficient (Wildman–Crippen LogP) is 6.61. The van der Waals surface area contributed by atoms with Crippen LogP contribution in [-0.4, -0.2) is 23.1 Å². The first-order valence-electron chi connectivity index (χ1n) is 11.7. The highest BCUT2D eigenvalue weighted by Crippen LogP contribution is 2.38. The molecular formula is C29H29NO3. The molecule has 2 aliphatic rings. The summed E-state index contributed by atoms with van der Waals surface area (Å²) in [5.74, 6) is 0.868. The van der Waals surface area contributed by atoms with Crippen molar-refractivity contribution in [2.45, 2.75) is 51.0 Å². The molecule has 2 aliphatic heterocycles. The molecule has 3 aromatic carbocycles. The molecule has 0 aromatic heterocycles. The first-order chi connectivity index (χ1) is 16.3. The van der Waals surface area contributed by atoms with Crippen molar-refractivity contribution in [1.82, 2.24) is 4.90 Å². The van der Waals surface area contributed by atoms with E-state index in [9.17, 15) is 4.79 Å². The van der Waals surface area contributed by atoms with Crippen LogP contribution in [0.4, 0.5) is 4.79 Å². The Hall–Kier alpha value is -3.53. The summed E-state index contributed by atoms with van der Waals surface area (Å²) in [5.41, 5.74) is 4.63. The summed E-state index contributed by atoms with van der Waals surface area (Å²) in [6.07, 6.45) is 6.03. The van der Waals surface area contributed by atoms with Crippen molar-refractivity contribution < 1.29 is 14.3 Å². The van der Waals surface area contributed by atoms with E-state index in [1.54, 1.807) is 0 Å². The van der Waals surface area contributed by atoms with Gasteiger partial charge >= 0.3 is 6.09 Å². The molecule has 0 aliphatic carbocycles. The van der Waals surface area contributed by atoms with Gasteiger partial charge in [0, 0.05) is 6.04 Å². The maximum atomic E-state index is 13.0. The van der Waals surface area contributed by atoms with E-state index in [1.807, 2.05) is 65.6 Å². The number of nitrogens with zero attached hydrogens (tertiary/aromatic N) is 1. The van der Waals surface area contributed by atoms with E-state index in [-0.39, 0.29) is 18.2 Å². The van der Waals surface area contributed by atoms with Crippen molar-refractivity contribution in [3.63, 3.8) is 0 Å². The van der Waals surface area contributed by atoms with Gasteiger partial charge in [-0.1, -0.05) is 78.9 Å². The number of fused-ring (bicyclic) bond motifs is 2. The third kappa shape index (κ3) is 5.11. The van der Waals surface area contributed by atoms with E-state index in [1.165, 1.54) is 11.1 Å². The van der Waals surface area contributed by atoms with Crippen molar-refractivity contribution in [2.24, 2.45) is 0 Å². The largest absolute Gasteiger partial charge is 0.489 e. The van der Waals surface area contributed by atoms with Gasteiger partial charge in [0.1, 0.15) is 19.0 Å². The Labute approximate surface area is 195 Å². The predicted molar refractivity (Wildman–Crippen MR) is 130 cm³/mol. The zero-order chi connectivity index (χ0) is 22.5. The quantitative estimate of drug-likeness (QED) is 0.434. The monoisotopic (exact) mass is 439 g/mol. The van der Waals surface area contributed by atoms with Crippen molar-refractivity contribution in [3.05, 3.63) is 108 Å². The second-order valence-corrected chi connectivity index (χ2v) is 8.80. The minimum Gasteiger partial charge on any atom is -0.489 e. The molecule has 0 spiro atoms. The molecule has 0 N–H and O–H groups in total. The van der Waals surface area contributed by atoms with Crippen LogP contribution >= 0.6 is 0 Å². The lowest BCUT2D eigenvalue weighted by Crippen LogP contribution is -2.51. The average Bonchev–Trinajstić information content (AvgIpc) is 2.87. The Morgan fingerprint density at radius 2 is 1.58 bits per heavy atom. The van der Waals surface area contributed by atoms with Gasteiger partial charge in [0.15, 0.2) is 0 Å². The lowest BCUT2D eigenvalue weighted by molar-refractivity contribution is 0.0510. The number of benzene rings is 3. The zero-order valence-corrected chi connectivity index (χ0v) is 18.7. The van der Waals surface area contributed by atoms with Gasteiger partial charge < -0.3 is 9.47 Å². The van der Waals surface area contributed by atoms with E-state index in [4.69, 9.17) is 9.47 Å². The molecule has 5 rings (SSSR count).